The number of carbonyl (C=O) groups excluding carboxylic acids is 1. The lowest BCUT2D eigenvalue weighted by Crippen LogP contribution is -2.38. The van der Waals surface area contributed by atoms with Gasteiger partial charge in [-0.15, -0.1) is 0 Å². The lowest BCUT2D eigenvalue weighted by atomic mass is 10.2. The molecule has 0 spiro atoms. The highest BCUT2D eigenvalue weighted by molar-refractivity contribution is 5.81. The summed E-state index contributed by atoms with van der Waals surface area (Å²) in [5, 5.41) is 11.3. The maximum absolute atomic E-state index is 11.7. The molecule has 0 aromatic carbocycles. The summed E-state index contributed by atoms with van der Waals surface area (Å²) in [6.45, 7) is 4.99. The number of nitrogens with zero attached hydrogens (tertiary/aromatic N) is 2. The van der Waals surface area contributed by atoms with Gasteiger partial charge in [0, 0.05) is 26.1 Å². The van der Waals surface area contributed by atoms with Crippen LogP contribution in [0.4, 0.5) is 0 Å². The normalized spacial score (nSPS) is 13.5. The second-order valence-electron chi connectivity index (χ2n) is 4.01. The monoisotopic (exact) mass is 245 g/mol. The zero-order valence-corrected chi connectivity index (χ0v) is 10.8. The van der Waals surface area contributed by atoms with E-state index >= 15 is 0 Å². The molecule has 0 bridgehead atoms. The summed E-state index contributed by atoms with van der Waals surface area (Å²) >= 11 is 0. The molecule has 0 aliphatic carbocycles. The zero-order valence-electron chi connectivity index (χ0n) is 10.8. The maximum atomic E-state index is 11.7. The molecule has 0 rings (SSSR count). The Morgan fingerprint density at radius 1 is 1.53 bits per heavy atom. The number of oxime groups is 1. The van der Waals surface area contributed by atoms with Crippen LogP contribution >= 0.6 is 0 Å². The van der Waals surface area contributed by atoms with Crippen molar-refractivity contribution in [2.45, 2.75) is 39.2 Å². The smallest absolute Gasteiger partial charge is 0.224 e. The van der Waals surface area contributed by atoms with E-state index in [-0.39, 0.29) is 17.8 Å². The van der Waals surface area contributed by atoms with Crippen LogP contribution in [0.15, 0.2) is 5.16 Å². The Balaban J connectivity index is 3.94. The van der Waals surface area contributed by atoms with Crippen molar-refractivity contribution in [2.75, 3.05) is 20.3 Å². The zero-order chi connectivity index (χ0) is 13.3. The summed E-state index contributed by atoms with van der Waals surface area (Å²) in [5.74, 6) is 0.124. The molecular weight excluding hydrogens is 222 g/mol. The standard InChI is InChI=1S/C11H23N3O3/c1-4-6-17-7-5-11(15)14(3)9(2)8-10(12)13-16/h9,16H,4-8H2,1-3H3,(H2,12,13). The van der Waals surface area contributed by atoms with E-state index in [1.165, 1.54) is 0 Å². The van der Waals surface area contributed by atoms with Crippen molar-refractivity contribution >= 4 is 11.7 Å². The van der Waals surface area contributed by atoms with Crippen LogP contribution in [0.25, 0.3) is 0 Å². The third kappa shape index (κ3) is 6.78. The van der Waals surface area contributed by atoms with Crippen molar-refractivity contribution in [1.82, 2.24) is 4.90 Å². The molecule has 0 aliphatic heterocycles. The average molecular weight is 245 g/mol. The Bertz CT molecular complexity index is 256. The molecule has 1 amide bonds. The van der Waals surface area contributed by atoms with Crippen molar-refractivity contribution in [3.8, 4) is 0 Å². The Hall–Kier alpha value is -1.30. The summed E-state index contributed by atoms with van der Waals surface area (Å²) in [4.78, 5) is 13.3. The molecule has 3 N–H and O–H groups in total. The minimum absolute atomic E-state index is 0.000608. The van der Waals surface area contributed by atoms with Gasteiger partial charge in [0.1, 0.15) is 5.84 Å². The summed E-state index contributed by atoms with van der Waals surface area (Å²) in [6, 6.07) is -0.0930. The first-order valence-electron chi connectivity index (χ1n) is 5.82. The second-order valence-corrected chi connectivity index (χ2v) is 4.01. The number of amidine groups is 1. The third-order valence-corrected chi connectivity index (χ3v) is 2.50. The lowest BCUT2D eigenvalue weighted by Gasteiger charge is -2.24. The van der Waals surface area contributed by atoms with Crippen LogP contribution in [-0.2, 0) is 9.53 Å². The van der Waals surface area contributed by atoms with Gasteiger partial charge in [0.2, 0.25) is 5.91 Å². The van der Waals surface area contributed by atoms with Gasteiger partial charge in [-0.25, -0.2) is 0 Å². The number of carbonyl (C=O) groups is 1. The van der Waals surface area contributed by atoms with Gasteiger partial charge in [0.25, 0.3) is 0 Å². The van der Waals surface area contributed by atoms with Gasteiger partial charge in [0.05, 0.1) is 13.0 Å². The Labute approximate surface area is 102 Å². The van der Waals surface area contributed by atoms with E-state index in [1.807, 2.05) is 13.8 Å². The van der Waals surface area contributed by atoms with Gasteiger partial charge < -0.3 is 20.6 Å². The van der Waals surface area contributed by atoms with Gasteiger partial charge >= 0.3 is 0 Å². The van der Waals surface area contributed by atoms with Gasteiger partial charge in [-0.05, 0) is 13.3 Å². The molecule has 17 heavy (non-hydrogen) atoms. The quantitative estimate of drug-likeness (QED) is 0.217. The summed E-state index contributed by atoms with van der Waals surface area (Å²) in [5.41, 5.74) is 5.39. The molecule has 0 aromatic heterocycles. The van der Waals surface area contributed by atoms with Crippen molar-refractivity contribution in [3.63, 3.8) is 0 Å². The van der Waals surface area contributed by atoms with E-state index < -0.39 is 0 Å². The highest BCUT2D eigenvalue weighted by Gasteiger charge is 2.16. The molecule has 6 nitrogen and oxygen atoms in total. The molecule has 0 fully saturated rings. The number of hydrogen-bond donors (Lipinski definition) is 2. The van der Waals surface area contributed by atoms with Crippen LogP contribution in [-0.4, -0.2) is 48.2 Å². The van der Waals surface area contributed by atoms with Crippen LogP contribution in [0, 0.1) is 0 Å². The Morgan fingerprint density at radius 3 is 2.71 bits per heavy atom. The molecule has 0 radical (unpaired) electrons. The molecular formula is C11H23N3O3. The number of hydrogen-bond acceptors (Lipinski definition) is 4. The molecule has 0 saturated carbocycles. The third-order valence-electron chi connectivity index (χ3n) is 2.50. The minimum Gasteiger partial charge on any atom is -0.409 e. The number of ether oxygens (including phenoxy) is 1. The van der Waals surface area contributed by atoms with E-state index in [4.69, 9.17) is 15.7 Å². The SMILES string of the molecule is CCCOCCC(=O)N(C)C(C)CC(N)=NO. The summed E-state index contributed by atoms with van der Waals surface area (Å²) in [7, 11) is 1.71. The van der Waals surface area contributed by atoms with E-state index in [0.29, 0.717) is 26.1 Å². The van der Waals surface area contributed by atoms with E-state index in [2.05, 4.69) is 5.16 Å². The van der Waals surface area contributed by atoms with Gasteiger partial charge in [-0.1, -0.05) is 12.1 Å². The molecule has 1 unspecified atom stereocenters. The lowest BCUT2D eigenvalue weighted by molar-refractivity contribution is -0.132. The van der Waals surface area contributed by atoms with Gasteiger partial charge in [0.15, 0.2) is 0 Å². The van der Waals surface area contributed by atoms with Gasteiger partial charge in [-0.3, -0.25) is 4.79 Å². The van der Waals surface area contributed by atoms with Crippen LogP contribution < -0.4 is 5.73 Å². The molecule has 100 valence electrons. The van der Waals surface area contributed by atoms with E-state index in [9.17, 15) is 4.79 Å². The van der Waals surface area contributed by atoms with Crippen molar-refractivity contribution in [2.24, 2.45) is 10.9 Å². The predicted octanol–water partition coefficient (Wildman–Crippen LogP) is 0.787. The Morgan fingerprint density at radius 2 is 2.18 bits per heavy atom. The molecule has 1 atom stereocenters. The first-order chi connectivity index (χ1) is 8.02. The molecule has 0 saturated heterocycles. The molecule has 0 aliphatic rings. The number of nitrogens with two attached hydrogens (primary N) is 1. The predicted molar refractivity (Wildman–Crippen MR) is 66.0 cm³/mol. The van der Waals surface area contributed by atoms with Gasteiger partial charge in [-0.2, -0.15) is 0 Å². The first-order valence-corrected chi connectivity index (χ1v) is 5.82. The van der Waals surface area contributed by atoms with Crippen molar-refractivity contribution < 1.29 is 14.7 Å². The maximum Gasteiger partial charge on any atom is 0.224 e. The fourth-order valence-corrected chi connectivity index (χ4v) is 1.31. The van der Waals surface area contributed by atoms with Crippen LogP contribution in [0.1, 0.15) is 33.1 Å². The molecule has 6 heteroatoms. The molecule has 0 aromatic rings. The minimum atomic E-state index is -0.0930. The molecule has 0 heterocycles. The topological polar surface area (TPSA) is 88.2 Å². The number of amides is 1. The highest BCUT2D eigenvalue weighted by atomic mass is 16.5. The average Bonchev–Trinajstić information content (AvgIpc) is 2.33. The second kappa shape index (κ2) is 8.81. The van der Waals surface area contributed by atoms with Crippen LogP contribution in [0.3, 0.4) is 0 Å². The first kappa shape index (κ1) is 15.7. The van der Waals surface area contributed by atoms with E-state index in [1.54, 1.807) is 11.9 Å². The summed E-state index contributed by atoms with van der Waals surface area (Å²) in [6.07, 6.45) is 1.66. The van der Waals surface area contributed by atoms with E-state index in [0.717, 1.165) is 6.42 Å². The fraction of sp³-hybridized carbons (Fsp3) is 0.818. The largest absolute Gasteiger partial charge is 0.409 e. The van der Waals surface area contributed by atoms with Crippen molar-refractivity contribution in [1.29, 1.82) is 0 Å². The fourth-order valence-electron chi connectivity index (χ4n) is 1.31. The summed E-state index contributed by atoms with van der Waals surface area (Å²) < 4.78 is 5.25. The number of rotatable bonds is 8. The van der Waals surface area contributed by atoms with Crippen molar-refractivity contribution in [3.05, 3.63) is 0 Å². The van der Waals surface area contributed by atoms with Crippen LogP contribution in [0.5, 0.6) is 0 Å². The van der Waals surface area contributed by atoms with Crippen LogP contribution in [0.2, 0.25) is 0 Å². The Kier molecular flexibility index (Phi) is 8.13. The highest BCUT2D eigenvalue weighted by Crippen LogP contribution is 2.03.